The van der Waals surface area contributed by atoms with Gasteiger partial charge < -0.3 is 0 Å². The summed E-state index contributed by atoms with van der Waals surface area (Å²) in [7, 11) is -2.95. The van der Waals surface area contributed by atoms with E-state index >= 15 is 0 Å². The molecule has 25 heavy (non-hydrogen) atoms. The van der Waals surface area contributed by atoms with Gasteiger partial charge in [0.15, 0.2) is 0 Å². The highest BCUT2D eigenvalue weighted by atomic mass is 32.2. The third kappa shape index (κ3) is 4.37. The van der Waals surface area contributed by atoms with Crippen molar-refractivity contribution in [1.82, 2.24) is 5.32 Å². The molecule has 4 nitrogen and oxygen atoms in total. The Kier molecular flexibility index (Phi) is 5.34. The SMILES string of the molecule is CCS(=O)(=O)CCCC1=NC(c2ccccc2)=C(c2ccccc2)[N]1. The van der Waals surface area contributed by atoms with Crippen LogP contribution in [0.4, 0.5) is 0 Å². The Morgan fingerprint density at radius 1 is 0.840 bits per heavy atom. The first-order valence-corrected chi connectivity index (χ1v) is 10.3. The van der Waals surface area contributed by atoms with Crippen LogP contribution >= 0.6 is 0 Å². The van der Waals surface area contributed by atoms with Crippen LogP contribution in [0.2, 0.25) is 0 Å². The van der Waals surface area contributed by atoms with Crippen molar-refractivity contribution in [2.24, 2.45) is 4.99 Å². The fourth-order valence-electron chi connectivity index (χ4n) is 2.69. The maximum absolute atomic E-state index is 11.7. The molecule has 5 heteroatoms. The minimum Gasteiger partial charge on any atom is -0.231 e. The number of rotatable bonds is 7. The summed E-state index contributed by atoms with van der Waals surface area (Å²) < 4.78 is 23.3. The van der Waals surface area contributed by atoms with Crippen LogP contribution in [0.25, 0.3) is 11.4 Å². The highest BCUT2D eigenvalue weighted by Crippen LogP contribution is 2.31. The van der Waals surface area contributed by atoms with Gasteiger partial charge in [0.2, 0.25) is 0 Å². The third-order valence-corrected chi connectivity index (χ3v) is 5.89. The van der Waals surface area contributed by atoms with Crippen LogP contribution in [0.15, 0.2) is 65.7 Å². The molecule has 0 saturated carbocycles. The summed E-state index contributed by atoms with van der Waals surface area (Å²) in [5.41, 5.74) is 3.72. The van der Waals surface area contributed by atoms with Crippen LogP contribution < -0.4 is 5.32 Å². The Morgan fingerprint density at radius 3 is 1.96 bits per heavy atom. The monoisotopic (exact) mass is 353 g/mol. The third-order valence-electron chi connectivity index (χ3n) is 4.10. The van der Waals surface area contributed by atoms with Crippen LogP contribution in [0.1, 0.15) is 30.9 Å². The molecule has 1 aliphatic rings. The lowest BCUT2D eigenvalue weighted by Gasteiger charge is -2.06. The largest absolute Gasteiger partial charge is 0.231 e. The molecule has 0 fully saturated rings. The number of amidine groups is 1. The Labute approximate surface area is 149 Å². The lowest BCUT2D eigenvalue weighted by atomic mass is 10.1. The number of hydrogen-bond acceptors (Lipinski definition) is 3. The van der Waals surface area contributed by atoms with E-state index in [1.54, 1.807) is 6.92 Å². The summed E-state index contributed by atoms with van der Waals surface area (Å²) in [5, 5.41) is 4.70. The number of hydrogen-bond donors (Lipinski definition) is 0. The van der Waals surface area contributed by atoms with Gasteiger partial charge in [-0.15, -0.1) is 0 Å². The maximum Gasteiger partial charge on any atom is 0.150 e. The predicted molar refractivity (Wildman–Crippen MR) is 103 cm³/mol. The van der Waals surface area contributed by atoms with Crippen molar-refractivity contribution in [2.45, 2.75) is 19.8 Å². The molecule has 1 radical (unpaired) electrons. The molecule has 1 aliphatic heterocycles. The van der Waals surface area contributed by atoms with E-state index in [2.05, 4.69) is 0 Å². The number of nitrogens with zero attached hydrogens (tertiary/aromatic N) is 2. The van der Waals surface area contributed by atoms with E-state index < -0.39 is 9.84 Å². The van der Waals surface area contributed by atoms with Crippen molar-refractivity contribution < 1.29 is 8.42 Å². The summed E-state index contributed by atoms with van der Waals surface area (Å²) >= 11 is 0. The second-order valence-corrected chi connectivity index (χ2v) is 8.38. The van der Waals surface area contributed by atoms with Gasteiger partial charge in [-0.3, -0.25) is 0 Å². The molecule has 2 aromatic carbocycles. The van der Waals surface area contributed by atoms with Crippen molar-refractivity contribution in [2.75, 3.05) is 11.5 Å². The van der Waals surface area contributed by atoms with Gasteiger partial charge in [0.1, 0.15) is 15.7 Å². The fraction of sp³-hybridized carbons (Fsp3) is 0.250. The normalized spacial score (nSPS) is 14.4. The summed E-state index contributed by atoms with van der Waals surface area (Å²) in [6.07, 6.45) is 1.11. The molecule has 0 amide bonds. The fourth-order valence-corrected chi connectivity index (χ4v) is 3.56. The minimum absolute atomic E-state index is 0.180. The predicted octanol–water partition coefficient (Wildman–Crippen LogP) is 3.74. The van der Waals surface area contributed by atoms with Crippen molar-refractivity contribution in [1.29, 1.82) is 0 Å². The van der Waals surface area contributed by atoms with E-state index in [1.165, 1.54) is 0 Å². The zero-order valence-corrected chi connectivity index (χ0v) is 15.0. The van der Waals surface area contributed by atoms with E-state index in [9.17, 15) is 8.42 Å². The number of aliphatic imine (C=N–C) groups is 1. The highest BCUT2D eigenvalue weighted by Gasteiger charge is 2.22. The van der Waals surface area contributed by atoms with Gasteiger partial charge >= 0.3 is 0 Å². The van der Waals surface area contributed by atoms with E-state index in [-0.39, 0.29) is 11.5 Å². The maximum atomic E-state index is 11.7. The van der Waals surface area contributed by atoms with E-state index in [0.29, 0.717) is 18.7 Å². The van der Waals surface area contributed by atoms with Gasteiger partial charge in [-0.25, -0.2) is 18.7 Å². The molecule has 0 aliphatic carbocycles. The standard InChI is InChI=1S/C20H21N2O2S/c1-2-25(23,24)15-9-14-18-21-19(16-10-5-3-6-11-16)20(22-18)17-12-7-4-8-13-17/h3-8,10-13H,2,9,14-15H2,1H3. The molecule has 0 N–H and O–H groups in total. The molecule has 2 aromatic rings. The first-order chi connectivity index (χ1) is 12.1. The number of benzene rings is 2. The van der Waals surface area contributed by atoms with Crippen molar-refractivity contribution in [3.05, 3.63) is 71.8 Å². The molecule has 129 valence electrons. The average Bonchev–Trinajstić information content (AvgIpc) is 3.07. The van der Waals surface area contributed by atoms with Gasteiger partial charge in [0.05, 0.1) is 17.1 Å². The van der Waals surface area contributed by atoms with Crippen LogP contribution in [-0.4, -0.2) is 25.8 Å². The topological polar surface area (TPSA) is 60.6 Å². The lowest BCUT2D eigenvalue weighted by Crippen LogP contribution is -2.14. The van der Waals surface area contributed by atoms with Crippen molar-refractivity contribution >= 4 is 27.1 Å². The summed E-state index contributed by atoms with van der Waals surface area (Å²) in [6, 6.07) is 19.9. The molecular formula is C20H21N2O2S. The van der Waals surface area contributed by atoms with Crippen LogP contribution in [-0.2, 0) is 9.84 Å². The molecule has 0 spiro atoms. The van der Waals surface area contributed by atoms with E-state index in [1.807, 2.05) is 60.7 Å². The molecular weight excluding hydrogens is 332 g/mol. The summed E-state index contributed by atoms with van der Waals surface area (Å²) in [4.78, 5) is 4.70. The van der Waals surface area contributed by atoms with Gasteiger partial charge in [-0.05, 0) is 6.42 Å². The average molecular weight is 353 g/mol. The second-order valence-electron chi connectivity index (χ2n) is 5.91. The highest BCUT2D eigenvalue weighted by molar-refractivity contribution is 7.91. The molecule has 1 heterocycles. The molecule has 0 saturated heterocycles. The Hall–Kier alpha value is -2.40. The lowest BCUT2D eigenvalue weighted by molar-refractivity contribution is 0.595. The summed E-state index contributed by atoms with van der Waals surface area (Å²) in [6.45, 7) is 1.68. The van der Waals surface area contributed by atoms with Gasteiger partial charge in [0, 0.05) is 23.3 Å². The Morgan fingerprint density at radius 2 is 1.40 bits per heavy atom. The first kappa shape index (κ1) is 17.4. The van der Waals surface area contributed by atoms with E-state index in [4.69, 9.17) is 10.3 Å². The van der Waals surface area contributed by atoms with Gasteiger partial charge in [-0.1, -0.05) is 67.6 Å². The van der Waals surface area contributed by atoms with E-state index in [0.717, 1.165) is 22.5 Å². The molecule has 0 atom stereocenters. The van der Waals surface area contributed by atoms with Crippen LogP contribution in [0.5, 0.6) is 0 Å². The molecule has 0 aromatic heterocycles. The van der Waals surface area contributed by atoms with Crippen LogP contribution in [0, 0.1) is 0 Å². The van der Waals surface area contributed by atoms with Crippen LogP contribution in [0.3, 0.4) is 0 Å². The Balaban J connectivity index is 1.82. The quantitative estimate of drug-likeness (QED) is 0.761. The molecule has 0 unspecified atom stereocenters. The zero-order chi connectivity index (χ0) is 17.7. The van der Waals surface area contributed by atoms with Gasteiger partial charge in [-0.2, -0.15) is 0 Å². The number of sulfone groups is 1. The van der Waals surface area contributed by atoms with Crippen molar-refractivity contribution in [3.63, 3.8) is 0 Å². The summed E-state index contributed by atoms with van der Waals surface area (Å²) in [5.74, 6) is 1.06. The molecule has 0 bridgehead atoms. The smallest absolute Gasteiger partial charge is 0.150 e. The zero-order valence-electron chi connectivity index (χ0n) is 14.2. The second kappa shape index (κ2) is 7.66. The van der Waals surface area contributed by atoms with Gasteiger partial charge in [0.25, 0.3) is 0 Å². The first-order valence-electron chi connectivity index (χ1n) is 8.44. The Bertz CT molecular complexity index is 886. The minimum atomic E-state index is -2.95. The van der Waals surface area contributed by atoms with Crippen molar-refractivity contribution in [3.8, 4) is 0 Å². The molecule has 3 rings (SSSR count).